The van der Waals surface area contributed by atoms with Crippen LogP contribution in [0.15, 0.2) is 24.3 Å². The smallest absolute Gasteiger partial charge is 0.406 e. The summed E-state index contributed by atoms with van der Waals surface area (Å²) >= 11 is 0. The van der Waals surface area contributed by atoms with Crippen molar-refractivity contribution in [2.75, 3.05) is 26.2 Å². The van der Waals surface area contributed by atoms with Gasteiger partial charge in [-0.15, -0.1) is 0 Å². The van der Waals surface area contributed by atoms with E-state index in [-0.39, 0.29) is 18.0 Å². The van der Waals surface area contributed by atoms with Crippen LogP contribution < -0.4 is 0 Å². The molecule has 1 atom stereocenters. The molecule has 0 spiro atoms. The van der Waals surface area contributed by atoms with Crippen LogP contribution in [0.5, 0.6) is 0 Å². The van der Waals surface area contributed by atoms with Crippen molar-refractivity contribution in [3.63, 3.8) is 0 Å². The predicted octanol–water partition coefficient (Wildman–Crippen LogP) is 2.65. The van der Waals surface area contributed by atoms with Crippen molar-refractivity contribution in [3.8, 4) is 0 Å². The quantitative estimate of drug-likeness (QED) is 0.844. The number of hydrogen-bond acceptors (Lipinski definition) is 3. The minimum Gasteiger partial charge on any atom is -0.481 e. The van der Waals surface area contributed by atoms with Crippen LogP contribution >= 0.6 is 0 Å². The first-order valence-corrected chi connectivity index (χ1v) is 8.56. The Balaban J connectivity index is 2.17. The fourth-order valence-corrected chi connectivity index (χ4v) is 3.14. The van der Waals surface area contributed by atoms with E-state index < -0.39 is 36.4 Å². The van der Waals surface area contributed by atoms with Crippen molar-refractivity contribution < 1.29 is 32.7 Å². The van der Waals surface area contributed by atoms with Gasteiger partial charge in [0.1, 0.15) is 0 Å². The largest absolute Gasteiger partial charge is 0.481 e. The molecule has 1 fully saturated rings. The Bertz CT molecular complexity index is 729. The second-order valence-electron chi connectivity index (χ2n) is 6.42. The molecule has 0 radical (unpaired) electrons. The summed E-state index contributed by atoms with van der Waals surface area (Å²) in [6.45, 7) is 3.50. The maximum atomic E-state index is 13.2. The van der Waals surface area contributed by atoms with Crippen LogP contribution in [0.3, 0.4) is 0 Å². The number of aliphatic carboxylic acids is 1. The molecule has 6 nitrogen and oxygen atoms in total. The number of carboxylic acids is 1. The molecule has 0 aliphatic carbocycles. The Morgan fingerprint density at radius 3 is 2.04 bits per heavy atom. The SMILES string of the molecule is CCN(CC)C(=O)c1ccc(C(=O)N2CCC(C(=O)O)(C(F)(F)F)C2)cc1. The van der Waals surface area contributed by atoms with Crippen LogP contribution in [0.1, 0.15) is 41.0 Å². The van der Waals surface area contributed by atoms with Gasteiger partial charge in [-0.1, -0.05) is 0 Å². The van der Waals surface area contributed by atoms with Crippen LogP contribution in [0.2, 0.25) is 0 Å². The van der Waals surface area contributed by atoms with E-state index in [2.05, 4.69) is 0 Å². The zero-order chi connectivity index (χ0) is 20.4. The highest BCUT2D eigenvalue weighted by atomic mass is 19.4. The summed E-state index contributed by atoms with van der Waals surface area (Å²) in [4.78, 5) is 38.4. The van der Waals surface area contributed by atoms with Gasteiger partial charge in [-0.2, -0.15) is 13.2 Å². The fraction of sp³-hybridized carbons (Fsp3) is 0.500. The third-order valence-electron chi connectivity index (χ3n) is 4.94. The molecular weight excluding hydrogens is 365 g/mol. The van der Waals surface area contributed by atoms with Gasteiger partial charge in [-0.3, -0.25) is 14.4 Å². The van der Waals surface area contributed by atoms with Gasteiger partial charge in [0, 0.05) is 37.3 Å². The number of benzene rings is 1. The monoisotopic (exact) mass is 386 g/mol. The molecule has 1 aromatic carbocycles. The molecule has 1 saturated heterocycles. The van der Waals surface area contributed by atoms with Gasteiger partial charge in [0.15, 0.2) is 5.41 Å². The van der Waals surface area contributed by atoms with Crippen LogP contribution in [0, 0.1) is 5.41 Å². The van der Waals surface area contributed by atoms with Crippen LogP contribution in [0.25, 0.3) is 0 Å². The minimum atomic E-state index is -4.95. The molecule has 1 heterocycles. The number of alkyl halides is 3. The predicted molar refractivity (Wildman–Crippen MR) is 90.3 cm³/mol. The average Bonchev–Trinajstić information content (AvgIpc) is 3.09. The Kier molecular flexibility index (Phi) is 5.82. The van der Waals surface area contributed by atoms with E-state index in [1.807, 2.05) is 13.8 Å². The van der Waals surface area contributed by atoms with E-state index in [1.165, 1.54) is 24.3 Å². The number of nitrogens with zero attached hydrogens (tertiary/aromatic N) is 2. The number of halogens is 3. The van der Waals surface area contributed by atoms with E-state index in [9.17, 15) is 27.6 Å². The zero-order valence-electron chi connectivity index (χ0n) is 15.0. The third kappa shape index (κ3) is 3.77. The van der Waals surface area contributed by atoms with Gasteiger partial charge < -0.3 is 14.9 Å². The van der Waals surface area contributed by atoms with Crippen molar-refractivity contribution in [1.29, 1.82) is 0 Å². The van der Waals surface area contributed by atoms with Gasteiger partial charge in [0.25, 0.3) is 11.8 Å². The van der Waals surface area contributed by atoms with Crippen molar-refractivity contribution in [3.05, 3.63) is 35.4 Å². The summed E-state index contributed by atoms with van der Waals surface area (Å²) in [5.41, 5.74) is -2.47. The lowest BCUT2D eigenvalue weighted by Crippen LogP contribution is -2.47. The molecule has 1 unspecified atom stereocenters. The van der Waals surface area contributed by atoms with E-state index in [1.54, 1.807) is 4.90 Å². The highest BCUT2D eigenvalue weighted by Crippen LogP contribution is 2.46. The number of carbonyl (C=O) groups is 3. The van der Waals surface area contributed by atoms with E-state index >= 15 is 0 Å². The molecule has 2 amide bonds. The number of likely N-dealkylation sites (tertiary alicyclic amines) is 1. The number of hydrogen-bond donors (Lipinski definition) is 1. The van der Waals surface area contributed by atoms with E-state index in [0.29, 0.717) is 18.7 Å². The number of rotatable bonds is 5. The highest BCUT2D eigenvalue weighted by molar-refractivity contribution is 5.98. The Labute approximate surface area is 154 Å². The van der Waals surface area contributed by atoms with Crippen molar-refractivity contribution in [1.82, 2.24) is 9.80 Å². The Hall–Kier alpha value is -2.58. The van der Waals surface area contributed by atoms with Gasteiger partial charge in [-0.05, 0) is 44.5 Å². The molecule has 1 aliphatic heterocycles. The first-order valence-electron chi connectivity index (χ1n) is 8.56. The summed E-state index contributed by atoms with van der Waals surface area (Å²) in [5.74, 6) is -2.88. The molecule has 1 aliphatic rings. The zero-order valence-corrected chi connectivity index (χ0v) is 15.0. The van der Waals surface area contributed by atoms with E-state index in [4.69, 9.17) is 5.11 Å². The molecule has 1 N–H and O–H groups in total. The normalized spacial score (nSPS) is 19.8. The number of carbonyl (C=O) groups excluding carboxylic acids is 2. The van der Waals surface area contributed by atoms with E-state index in [0.717, 1.165) is 4.90 Å². The molecule has 148 valence electrons. The van der Waals surface area contributed by atoms with Gasteiger partial charge in [0.2, 0.25) is 0 Å². The first-order chi connectivity index (χ1) is 12.6. The second-order valence-corrected chi connectivity index (χ2v) is 6.42. The van der Waals surface area contributed by atoms with Gasteiger partial charge in [-0.25, -0.2) is 0 Å². The van der Waals surface area contributed by atoms with Crippen LogP contribution in [0.4, 0.5) is 13.2 Å². The van der Waals surface area contributed by atoms with Crippen molar-refractivity contribution in [2.24, 2.45) is 5.41 Å². The standard InChI is InChI=1S/C18H21F3N2O4/c1-3-22(4-2)14(24)12-5-7-13(8-6-12)15(25)23-10-9-17(11-23,16(26)27)18(19,20)21/h5-8H,3-4,9-11H2,1-2H3,(H,26,27). The lowest BCUT2D eigenvalue weighted by atomic mass is 9.86. The summed E-state index contributed by atoms with van der Waals surface area (Å²) < 4.78 is 39.7. The topological polar surface area (TPSA) is 77.9 Å². The molecule has 2 rings (SSSR count). The fourth-order valence-electron chi connectivity index (χ4n) is 3.14. The number of amides is 2. The third-order valence-corrected chi connectivity index (χ3v) is 4.94. The Morgan fingerprint density at radius 1 is 1.11 bits per heavy atom. The van der Waals surface area contributed by atoms with Crippen molar-refractivity contribution >= 4 is 17.8 Å². The summed E-state index contributed by atoms with van der Waals surface area (Å²) in [5, 5.41) is 9.07. The van der Waals surface area contributed by atoms with Gasteiger partial charge >= 0.3 is 12.1 Å². The average molecular weight is 386 g/mol. The molecule has 0 bridgehead atoms. The summed E-state index contributed by atoms with van der Waals surface area (Å²) in [6.07, 6.45) is -5.63. The molecule has 1 aromatic rings. The molecule has 0 aromatic heterocycles. The number of carboxylic acid groups (broad SMARTS) is 1. The molecular formula is C18H21F3N2O4. The van der Waals surface area contributed by atoms with Crippen LogP contribution in [-0.4, -0.2) is 65.0 Å². The lowest BCUT2D eigenvalue weighted by Gasteiger charge is -2.27. The molecule has 27 heavy (non-hydrogen) atoms. The van der Waals surface area contributed by atoms with Gasteiger partial charge in [0.05, 0.1) is 0 Å². The second kappa shape index (κ2) is 7.58. The molecule has 9 heteroatoms. The minimum absolute atomic E-state index is 0.106. The maximum absolute atomic E-state index is 13.2. The Morgan fingerprint density at radius 2 is 1.63 bits per heavy atom. The molecule has 0 saturated carbocycles. The first kappa shape index (κ1) is 20.7. The van der Waals surface area contributed by atoms with Crippen molar-refractivity contribution in [2.45, 2.75) is 26.4 Å². The van der Waals surface area contributed by atoms with Crippen LogP contribution in [-0.2, 0) is 4.79 Å². The lowest BCUT2D eigenvalue weighted by molar-refractivity contribution is -0.227. The highest BCUT2D eigenvalue weighted by Gasteiger charge is 2.64. The maximum Gasteiger partial charge on any atom is 0.406 e. The summed E-state index contributed by atoms with van der Waals surface area (Å²) in [7, 11) is 0. The summed E-state index contributed by atoms with van der Waals surface area (Å²) in [6, 6.07) is 5.62.